The highest BCUT2D eigenvalue weighted by atomic mass is 32.2. The summed E-state index contributed by atoms with van der Waals surface area (Å²) in [7, 11) is -2.29. The minimum absolute atomic E-state index is 0.103. The standard InChI is InChI=1S/C14H19NO4S/c1-14(2,11-17)15(3)20(18,19)13-8-4-6-12(10-13)7-5-9-16/h4,6,8,10,16-17H,9,11H2,1-3H3. The van der Waals surface area contributed by atoms with Crippen molar-refractivity contribution in [3.05, 3.63) is 29.8 Å². The molecule has 0 saturated heterocycles. The van der Waals surface area contributed by atoms with Crippen molar-refractivity contribution in [2.75, 3.05) is 20.3 Å². The van der Waals surface area contributed by atoms with Crippen LogP contribution in [-0.4, -0.2) is 48.7 Å². The lowest BCUT2D eigenvalue weighted by atomic mass is 10.1. The smallest absolute Gasteiger partial charge is 0.243 e. The molecule has 0 amide bonds. The van der Waals surface area contributed by atoms with Crippen LogP contribution in [0.3, 0.4) is 0 Å². The molecule has 6 heteroatoms. The van der Waals surface area contributed by atoms with Gasteiger partial charge in [0, 0.05) is 12.6 Å². The summed E-state index contributed by atoms with van der Waals surface area (Å²) in [6, 6.07) is 6.18. The van der Waals surface area contributed by atoms with E-state index in [-0.39, 0.29) is 18.1 Å². The van der Waals surface area contributed by atoms with E-state index in [2.05, 4.69) is 11.8 Å². The summed E-state index contributed by atoms with van der Waals surface area (Å²) in [4.78, 5) is 0.103. The zero-order valence-corrected chi connectivity index (χ0v) is 12.6. The zero-order valence-electron chi connectivity index (χ0n) is 11.8. The number of benzene rings is 1. The zero-order chi connectivity index (χ0) is 15.4. The third-order valence-corrected chi connectivity index (χ3v) is 5.11. The first-order valence-electron chi connectivity index (χ1n) is 6.05. The molecule has 0 aliphatic rings. The molecular weight excluding hydrogens is 278 g/mol. The number of nitrogens with zero attached hydrogens (tertiary/aromatic N) is 1. The lowest BCUT2D eigenvalue weighted by Gasteiger charge is -2.32. The Morgan fingerprint density at radius 1 is 1.30 bits per heavy atom. The number of aliphatic hydroxyl groups is 2. The molecule has 0 aliphatic carbocycles. The Balaban J connectivity index is 3.23. The largest absolute Gasteiger partial charge is 0.394 e. The van der Waals surface area contributed by atoms with E-state index in [4.69, 9.17) is 5.11 Å². The molecule has 0 heterocycles. The Kier molecular flexibility index (Phi) is 5.31. The summed E-state index contributed by atoms with van der Waals surface area (Å²) in [5.74, 6) is 5.14. The first kappa shape index (κ1) is 16.7. The van der Waals surface area contributed by atoms with Gasteiger partial charge in [0.25, 0.3) is 0 Å². The average molecular weight is 297 g/mol. The molecule has 0 atom stereocenters. The molecule has 1 rings (SSSR count). The molecule has 5 nitrogen and oxygen atoms in total. The van der Waals surface area contributed by atoms with Gasteiger partial charge < -0.3 is 10.2 Å². The van der Waals surface area contributed by atoms with Crippen LogP contribution in [0.4, 0.5) is 0 Å². The lowest BCUT2D eigenvalue weighted by molar-refractivity contribution is 0.138. The molecule has 0 bridgehead atoms. The van der Waals surface area contributed by atoms with Crippen LogP contribution in [0.15, 0.2) is 29.2 Å². The number of sulfonamides is 1. The van der Waals surface area contributed by atoms with Gasteiger partial charge in [0.2, 0.25) is 10.0 Å². The van der Waals surface area contributed by atoms with Crippen LogP contribution in [-0.2, 0) is 10.0 Å². The third-order valence-electron chi connectivity index (χ3n) is 3.04. The van der Waals surface area contributed by atoms with Gasteiger partial charge in [-0.3, -0.25) is 0 Å². The van der Waals surface area contributed by atoms with Crippen LogP contribution >= 0.6 is 0 Å². The predicted molar refractivity (Wildman–Crippen MR) is 76.5 cm³/mol. The molecule has 0 fully saturated rings. The van der Waals surface area contributed by atoms with Gasteiger partial charge in [-0.1, -0.05) is 17.9 Å². The van der Waals surface area contributed by atoms with Crippen LogP contribution in [0.5, 0.6) is 0 Å². The second-order valence-corrected chi connectivity index (χ2v) is 6.90. The van der Waals surface area contributed by atoms with E-state index in [9.17, 15) is 13.5 Å². The molecule has 0 aliphatic heterocycles. The van der Waals surface area contributed by atoms with Gasteiger partial charge in [0.15, 0.2) is 0 Å². The number of hydrogen-bond acceptors (Lipinski definition) is 4. The molecule has 0 unspecified atom stereocenters. The topological polar surface area (TPSA) is 77.8 Å². The number of likely N-dealkylation sites (N-methyl/N-ethyl adjacent to an activating group) is 1. The van der Waals surface area contributed by atoms with Gasteiger partial charge in [0.1, 0.15) is 6.61 Å². The van der Waals surface area contributed by atoms with Crippen LogP contribution in [0.2, 0.25) is 0 Å². The maximum Gasteiger partial charge on any atom is 0.243 e. The Bertz CT molecular complexity index is 626. The molecular formula is C14H19NO4S. The van der Waals surface area contributed by atoms with E-state index in [1.54, 1.807) is 26.0 Å². The predicted octanol–water partition coefficient (Wildman–Crippen LogP) is 0.422. The van der Waals surface area contributed by atoms with Crippen molar-refractivity contribution in [3.8, 4) is 11.8 Å². The van der Waals surface area contributed by atoms with E-state index in [1.165, 1.54) is 19.2 Å². The SMILES string of the molecule is CN(C(C)(C)CO)S(=O)(=O)c1cccc(C#CCO)c1. The van der Waals surface area contributed by atoms with Gasteiger partial charge >= 0.3 is 0 Å². The number of hydrogen-bond donors (Lipinski definition) is 2. The van der Waals surface area contributed by atoms with Crippen molar-refractivity contribution < 1.29 is 18.6 Å². The molecule has 1 aromatic carbocycles. The minimum Gasteiger partial charge on any atom is -0.394 e. The van der Waals surface area contributed by atoms with E-state index < -0.39 is 15.6 Å². The molecule has 0 radical (unpaired) electrons. The van der Waals surface area contributed by atoms with Gasteiger partial charge in [-0.2, -0.15) is 4.31 Å². The summed E-state index contributed by atoms with van der Waals surface area (Å²) < 4.78 is 26.1. The molecule has 0 spiro atoms. The Hall–Kier alpha value is -1.39. The van der Waals surface area contributed by atoms with Crippen molar-refractivity contribution in [1.82, 2.24) is 4.31 Å². The summed E-state index contributed by atoms with van der Waals surface area (Å²) in [6.07, 6.45) is 0. The molecule has 0 aromatic heterocycles. The number of rotatable bonds is 4. The quantitative estimate of drug-likeness (QED) is 0.790. The maximum atomic E-state index is 12.5. The van der Waals surface area contributed by atoms with Gasteiger partial charge in [-0.15, -0.1) is 0 Å². The average Bonchev–Trinajstić information content (AvgIpc) is 2.44. The Morgan fingerprint density at radius 3 is 2.50 bits per heavy atom. The van der Waals surface area contributed by atoms with E-state index in [1.807, 2.05) is 0 Å². The van der Waals surface area contributed by atoms with Crippen molar-refractivity contribution in [1.29, 1.82) is 0 Å². The highest BCUT2D eigenvalue weighted by Gasteiger charge is 2.33. The van der Waals surface area contributed by atoms with Crippen molar-refractivity contribution in [2.24, 2.45) is 0 Å². The van der Waals surface area contributed by atoms with Crippen LogP contribution in [0.25, 0.3) is 0 Å². The van der Waals surface area contributed by atoms with Gasteiger partial charge in [0.05, 0.1) is 17.0 Å². The summed E-state index contributed by atoms with van der Waals surface area (Å²) >= 11 is 0. The van der Waals surface area contributed by atoms with Crippen LogP contribution in [0, 0.1) is 11.8 Å². The van der Waals surface area contributed by atoms with Crippen LogP contribution < -0.4 is 0 Å². The fourth-order valence-electron chi connectivity index (χ4n) is 1.46. The highest BCUT2D eigenvalue weighted by molar-refractivity contribution is 7.89. The third kappa shape index (κ3) is 3.58. The second kappa shape index (κ2) is 6.37. The highest BCUT2D eigenvalue weighted by Crippen LogP contribution is 2.22. The molecule has 110 valence electrons. The second-order valence-electron chi connectivity index (χ2n) is 4.93. The molecule has 20 heavy (non-hydrogen) atoms. The first-order valence-corrected chi connectivity index (χ1v) is 7.49. The fourth-order valence-corrected chi connectivity index (χ4v) is 3.01. The van der Waals surface area contributed by atoms with Crippen LogP contribution in [0.1, 0.15) is 19.4 Å². The molecule has 0 saturated carbocycles. The van der Waals surface area contributed by atoms with E-state index >= 15 is 0 Å². The van der Waals surface area contributed by atoms with Gasteiger partial charge in [-0.25, -0.2) is 8.42 Å². The number of aliphatic hydroxyl groups excluding tert-OH is 2. The van der Waals surface area contributed by atoms with Crippen molar-refractivity contribution >= 4 is 10.0 Å². The van der Waals surface area contributed by atoms with Crippen molar-refractivity contribution in [2.45, 2.75) is 24.3 Å². The lowest BCUT2D eigenvalue weighted by Crippen LogP contribution is -2.47. The maximum absolute atomic E-state index is 12.5. The minimum atomic E-state index is -3.71. The summed E-state index contributed by atoms with van der Waals surface area (Å²) in [5, 5.41) is 17.9. The van der Waals surface area contributed by atoms with Crippen molar-refractivity contribution in [3.63, 3.8) is 0 Å². The molecule has 1 aromatic rings. The Morgan fingerprint density at radius 2 is 1.95 bits per heavy atom. The fraction of sp³-hybridized carbons (Fsp3) is 0.429. The normalized spacial score (nSPS) is 12.1. The Labute approximate surface area is 119 Å². The summed E-state index contributed by atoms with van der Waals surface area (Å²) in [5.41, 5.74) is -0.388. The van der Waals surface area contributed by atoms with Gasteiger partial charge in [-0.05, 0) is 32.0 Å². The monoisotopic (exact) mass is 297 g/mol. The van der Waals surface area contributed by atoms with E-state index in [0.29, 0.717) is 5.56 Å². The van der Waals surface area contributed by atoms with E-state index in [0.717, 1.165) is 4.31 Å². The first-order chi connectivity index (χ1) is 9.25. The molecule has 2 N–H and O–H groups in total. The summed E-state index contributed by atoms with van der Waals surface area (Å²) in [6.45, 7) is 2.71.